The van der Waals surface area contributed by atoms with E-state index in [-0.39, 0.29) is 5.56 Å². The molecule has 0 saturated carbocycles. The second-order valence-electron chi connectivity index (χ2n) is 4.29. The molecular formula is C10H17N3O. The lowest BCUT2D eigenvalue weighted by molar-refractivity contribution is 0.272. The van der Waals surface area contributed by atoms with Gasteiger partial charge in [-0.1, -0.05) is 0 Å². The number of aromatic amines is 2. The van der Waals surface area contributed by atoms with E-state index in [0.29, 0.717) is 12.0 Å². The molecule has 0 aliphatic carbocycles. The van der Waals surface area contributed by atoms with Crippen molar-refractivity contribution < 1.29 is 0 Å². The standard InChI is InChI=1S/C10H17N3O/c1-7(2)13-4-3-8(6-13)9-5-10(14)12-11-9/h5,7-8H,3-4,6H2,1-2H3,(H2,11,12,14). The Labute approximate surface area is 83.3 Å². The maximum absolute atomic E-state index is 11.0. The monoisotopic (exact) mass is 195 g/mol. The molecule has 0 aromatic carbocycles. The number of rotatable bonds is 2. The molecule has 1 aromatic heterocycles. The van der Waals surface area contributed by atoms with Crippen LogP contribution < -0.4 is 5.56 Å². The fourth-order valence-electron chi connectivity index (χ4n) is 2.08. The second-order valence-corrected chi connectivity index (χ2v) is 4.29. The third-order valence-electron chi connectivity index (χ3n) is 3.01. The highest BCUT2D eigenvalue weighted by Crippen LogP contribution is 2.25. The van der Waals surface area contributed by atoms with Gasteiger partial charge in [-0.05, 0) is 26.8 Å². The molecule has 2 N–H and O–H groups in total. The van der Waals surface area contributed by atoms with Gasteiger partial charge in [0.05, 0.1) is 0 Å². The summed E-state index contributed by atoms with van der Waals surface area (Å²) >= 11 is 0. The number of nitrogens with one attached hydrogen (secondary N) is 2. The number of likely N-dealkylation sites (tertiary alicyclic amines) is 1. The third kappa shape index (κ3) is 1.75. The van der Waals surface area contributed by atoms with E-state index in [1.165, 1.54) is 0 Å². The Morgan fingerprint density at radius 1 is 1.50 bits per heavy atom. The summed E-state index contributed by atoms with van der Waals surface area (Å²) in [5, 5.41) is 5.53. The number of H-pyrrole nitrogens is 2. The van der Waals surface area contributed by atoms with E-state index in [9.17, 15) is 4.79 Å². The summed E-state index contributed by atoms with van der Waals surface area (Å²) in [6.45, 7) is 6.62. The zero-order valence-corrected chi connectivity index (χ0v) is 8.71. The van der Waals surface area contributed by atoms with Crippen LogP contribution in [0.15, 0.2) is 10.9 Å². The minimum absolute atomic E-state index is 0.0250. The SMILES string of the molecule is CC(C)N1CCC(c2cc(=O)[nH][nH]2)C1. The van der Waals surface area contributed by atoms with E-state index in [1.807, 2.05) is 0 Å². The highest BCUT2D eigenvalue weighted by Gasteiger charge is 2.26. The molecule has 0 amide bonds. The fraction of sp³-hybridized carbons (Fsp3) is 0.700. The third-order valence-corrected chi connectivity index (χ3v) is 3.01. The van der Waals surface area contributed by atoms with Gasteiger partial charge in [-0.3, -0.25) is 9.89 Å². The van der Waals surface area contributed by atoms with Crippen LogP contribution in [0.3, 0.4) is 0 Å². The predicted octanol–water partition coefficient (Wildman–Crippen LogP) is 0.901. The molecule has 1 fully saturated rings. The molecular weight excluding hydrogens is 178 g/mol. The molecule has 0 bridgehead atoms. The van der Waals surface area contributed by atoms with Gasteiger partial charge in [0.2, 0.25) is 0 Å². The van der Waals surface area contributed by atoms with Gasteiger partial charge in [-0.15, -0.1) is 0 Å². The average Bonchev–Trinajstić information content (AvgIpc) is 2.70. The van der Waals surface area contributed by atoms with Crippen molar-refractivity contribution in [3.05, 3.63) is 22.1 Å². The van der Waals surface area contributed by atoms with Crippen molar-refractivity contribution in [2.24, 2.45) is 0 Å². The lowest BCUT2D eigenvalue weighted by Crippen LogP contribution is -2.27. The molecule has 4 heteroatoms. The van der Waals surface area contributed by atoms with Crippen molar-refractivity contribution in [1.29, 1.82) is 0 Å². The molecule has 78 valence electrons. The molecule has 1 atom stereocenters. The van der Waals surface area contributed by atoms with Crippen LogP contribution in [0.1, 0.15) is 31.9 Å². The van der Waals surface area contributed by atoms with Crippen LogP contribution >= 0.6 is 0 Å². The molecule has 1 unspecified atom stereocenters. The molecule has 4 nitrogen and oxygen atoms in total. The number of aromatic nitrogens is 2. The maximum Gasteiger partial charge on any atom is 0.264 e. The Bertz CT molecular complexity index is 352. The Hall–Kier alpha value is -1.03. The summed E-state index contributed by atoms with van der Waals surface area (Å²) in [5.74, 6) is 0.497. The first kappa shape index (κ1) is 9.52. The van der Waals surface area contributed by atoms with Gasteiger partial charge in [0.15, 0.2) is 0 Å². The predicted molar refractivity (Wildman–Crippen MR) is 55.5 cm³/mol. The summed E-state index contributed by atoms with van der Waals surface area (Å²) in [7, 11) is 0. The normalized spacial score (nSPS) is 23.5. The largest absolute Gasteiger partial charge is 0.302 e. The van der Waals surface area contributed by atoms with E-state index in [2.05, 4.69) is 28.9 Å². The molecule has 2 heterocycles. The van der Waals surface area contributed by atoms with Crippen LogP contribution in [0.2, 0.25) is 0 Å². The summed E-state index contributed by atoms with van der Waals surface area (Å²) in [6, 6.07) is 2.28. The Kier molecular flexibility index (Phi) is 2.46. The number of hydrogen-bond acceptors (Lipinski definition) is 2. The summed E-state index contributed by atoms with van der Waals surface area (Å²) < 4.78 is 0. The Morgan fingerprint density at radius 3 is 2.79 bits per heavy atom. The van der Waals surface area contributed by atoms with Gasteiger partial charge in [-0.2, -0.15) is 0 Å². The lowest BCUT2D eigenvalue weighted by atomic mass is 10.1. The van der Waals surface area contributed by atoms with Crippen LogP contribution in [-0.4, -0.2) is 34.2 Å². The molecule has 1 aliphatic rings. The summed E-state index contributed by atoms with van der Waals surface area (Å²) in [5.41, 5.74) is 1.03. The van der Waals surface area contributed by atoms with Crippen molar-refractivity contribution in [3.8, 4) is 0 Å². The Balaban J connectivity index is 2.05. The van der Waals surface area contributed by atoms with Crippen molar-refractivity contribution in [2.45, 2.75) is 32.2 Å². The van der Waals surface area contributed by atoms with Crippen LogP contribution in [0.5, 0.6) is 0 Å². The first-order chi connectivity index (χ1) is 6.66. The van der Waals surface area contributed by atoms with Crippen molar-refractivity contribution in [3.63, 3.8) is 0 Å². The summed E-state index contributed by atoms with van der Waals surface area (Å²) in [4.78, 5) is 13.4. The van der Waals surface area contributed by atoms with Crippen molar-refractivity contribution in [1.82, 2.24) is 15.1 Å². The summed E-state index contributed by atoms with van der Waals surface area (Å²) in [6.07, 6.45) is 1.14. The molecule has 1 aromatic rings. The van der Waals surface area contributed by atoms with Crippen LogP contribution in [-0.2, 0) is 0 Å². The van der Waals surface area contributed by atoms with Crippen LogP contribution in [0, 0.1) is 0 Å². The van der Waals surface area contributed by atoms with E-state index < -0.39 is 0 Å². The zero-order chi connectivity index (χ0) is 10.1. The van der Waals surface area contributed by atoms with Crippen molar-refractivity contribution in [2.75, 3.05) is 13.1 Å². The minimum atomic E-state index is -0.0250. The lowest BCUT2D eigenvalue weighted by Gasteiger charge is -2.19. The van der Waals surface area contributed by atoms with Crippen molar-refractivity contribution >= 4 is 0 Å². The van der Waals surface area contributed by atoms with E-state index in [4.69, 9.17) is 0 Å². The highest BCUT2D eigenvalue weighted by molar-refractivity contribution is 5.09. The van der Waals surface area contributed by atoms with Crippen LogP contribution in [0.4, 0.5) is 0 Å². The smallest absolute Gasteiger partial charge is 0.264 e. The Morgan fingerprint density at radius 2 is 2.29 bits per heavy atom. The first-order valence-corrected chi connectivity index (χ1v) is 5.18. The van der Waals surface area contributed by atoms with Gasteiger partial charge in [0, 0.05) is 30.3 Å². The fourth-order valence-corrected chi connectivity index (χ4v) is 2.08. The minimum Gasteiger partial charge on any atom is -0.302 e. The quantitative estimate of drug-likeness (QED) is 0.736. The number of hydrogen-bond donors (Lipinski definition) is 2. The first-order valence-electron chi connectivity index (χ1n) is 5.18. The average molecular weight is 195 g/mol. The van der Waals surface area contributed by atoms with Gasteiger partial charge in [0.1, 0.15) is 0 Å². The van der Waals surface area contributed by atoms with E-state index >= 15 is 0 Å². The van der Waals surface area contributed by atoms with Crippen LogP contribution in [0.25, 0.3) is 0 Å². The molecule has 1 saturated heterocycles. The molecule has 2 rings (SSSR count). The highest BCUT2D eigenvalue weighted by atomic mass is 16.1. The second kappa shape index (κ2) is 3.61. The van der Waals surface area contributed by atoms with E-state index in [0.717, 1.165) is 25.2 Å². The van der Waals surface area contributed by atoms with E-state index in [1.54, 1.807) is 6.07 Å². The number of nitrogens with zero attached hydrogens (tertiary/aromatic N) is 1. The van der Waals surface area contributed by atoms with Gasteiger partial charge in [-0.25, -0.2) is 0 Å². The topological polar surface area (TPSA) is 51.9 Å². The maximum atomic E-state index is 11.0. The van der Waals surface area contributed by atoms with Gasteiger partial charge < -0.3 is 10.00 Å². The molecule has 0 spiro atoms. The van der Waals surface area contributed by atoms with Gasteiger partial charge in [0.25, 0.3) is 5.56 Å². The molecule has 14 heavy (non-hydrogen) atoms. The van der Waals surface area contributed by atoms with Gasteiger partial charge >= 0.3 is 0 Å². The molecule has 0 radical (unpaired) electrons. The zero-order valence-electron chi connectivity index (χ0n) is 8.71. The molecule has 1 aliphatic heterocycles.